The van der Waals surface area contributed by atoms with E-state index in [-0.39, 0.29) is 0 Å². The molecule has 0 rings (SSSR count). The topological polar surface area (TPSA) is 0 Å². The van der Waals surface area contributed by atoms with Crippen LogP contribution in [0, 0.1) is 0 Å². The van der Waals surface area contributed by atoms with Gasteiger partial charge < -0.3 is 0 Å². The van der Waals surface area contributed by atoms with Crippen LogP contribution in [0.2, 0.25) is 0 Å². The quantitative estimate of drug-likeness (QED) is 0.517. The molecule has 0 unspecified atom stereocenters. The molecule has 6 heteroatoms. The number of rotatable bonds is 3. The Labute approximate surface area is 66.2 Å². The zero-order chi connectivity index (χ0) is 9.12. The van der Waals surface area contributed by atoms with Crippen LogP contribution in [0.4, 0.5) is 22.0 Å². The fourth-order valence-corrected chi connectivity index (χ4v) is 0.660. The van der Waals surface area contributed by atoms with Crippen molar-refractivity contribution in [3.8, 4) is 0 Å². The van der Waals surface area contributed by atoms with Crippen molar-refractivity contribution in [1.82, 2.24) is 0 Å². The van der Waals surface area contributed by atoms with Crippen molar-refractivity contribution in [1.29, 1.82) is 0 Å². The Balaban J connectivity index is 3.44. The Bertz CT molecular complexity index is 99.0. The summed E-state index contributed by atoms with van der Waals surface area (Å²) in [6.07, 6.45) is -6.95. The highest BCUT2D eigenvalue weighted by atomic mass is 32.1. The second-order valence-corrected chi connectivity index (χ2v) is 2.79. The van der Waals surface area contributed by atoms with Crippen LogP contribution >= 0.6 is 12.6 Å². The van der Waals surface area contributed by atoms with Gasteiger partial charge in [-0.2, -0.15) is 22.0 Å². The summed E-state index contributed by atoms with van der Waals surface area (Å²) in [6, 6.07) is 0. The molecule has 0 aromatic rings. The van der Waals surface area contributed by atoms with Crippen LogP contribution in [0.5, 0.6) is 0 Å². The Hall–Kier alpha value is -0.0000000000000000555. The molecular weight excluding hydrogens is 187 g/mol. The van der Waals surface area contributed by atoms with Crippen LogP contribution in [0.1, 0.15) is 19.3 Å². The summed E-state index contributed by atoms with van der Waals surface area (Å²) in [6.45, 7) is 0. The van der Waals surface area contributed by atoms with Crippen molar-refractivity contribution in [3.63, 3.8) is 0 Å². The molecule has 0 saturated carbocycles. The van der Waals surface area contributed by atoms with Gasteiger partial charge in [0.2, 0.25) is 0 Å². The van der Waals surface area contributed by atoms with Crippen molar-refractivity contribution in [2.45, 2.75) is 30.7 Å². The molecule has 0 radical (unpaired) electrons. The van der Waals surface area contributed by atoms with Gasteiger partial charge in [0.15, 0.2) is 0 Å². The second-order valence-electron chi connectivity index (χ2n) is 2.13. The van der Waals surface area contributed by atoms with Crippen molar-refractivity contribution in [2.24, 2.45) is 0 Å². The van der Waals surface area contributed by atoms with E-state index >= 15 is 0 Å². The van der Waals surface area contributed by atoms with E-state index in [0.717, 1.165) is 0 Å². The number of hydrogen-bond acceptors (Lipinski definition) is 1. The third-order valence-electron chi connectivity index (χ3n) is 0.938. The average Bonchev–Trinajstić information content (AvgIpc) is 1.55. The fraction of sp³-hybridized carbons (Fsp3) is 1.00. The maximum absolute atomic E-state index is 11.8. The summed E-state index contributed by atoms with van der Waals surface area (Å²) < 4.78 is 57.7. The van der Waals surface area contributed by atoms with Gasteiger partial charge in [0.1, 0.15) is 0 Å². The number of halogens is 5. The van der Waals surface area contributed by atoms with Gasteiger partial charge in [-0.25, -0.2) is 0 Å². The van der Waals surface area contributed by atoms with Gasteiger partial charge in [-0.05, 0) is 6.42 Å². The van der Waals surface area contributed by atoms with E-state index in [1.807, 2.05) is 0 Å². The Morgan fingerprint density at radius 1 is 0.909 bits per heavy atom. The van der Waals surface area contributed by atoms with Gasteiger partial charge in [-0.1, -0.05) is 0 Å². The Kier molecular flexibility index (Phi) is 3.60. The van der Waals surface area contributed by atoms with Crippen LogP contribution < -0.4 is 0 Å². The zero-order valence-corrected chi connectivity index (χ0v) is 6.35. The van der Waals surface area contributed by atoms with Gasteiger partial charge in [0, 0.05) is 12.8 Å². The van der Waals surface area contributed by atoms with Crippen LogP contribution in [-0.4, -0.2) is 11.4 Å². The molecule has 0 aliphatic heterocycles. The predicted octanol–water partition coefficient (Wildman–Crippen LogP) is 3.24. The van der Waals surface area contributed by atoms with Gasteiger partial charge in [-0.3, -0.25) is 0 Å². The molecule has 0 saturated heterocycles. The van der Waals surface area contributed by atoms with Gasteiger partial charge in [0.25, 0.3) is 5.25 Å². The molecule has 0 aliphatic rings. The van der Waals surface area contributed by atoms with E-state index in [9.17, 15) is 22.0 Å². The monoisotopic (exact) mass is 194 g/mol. The zero-order valence-electron chi connectivity index (χ0n) is 5.46. The minimum atomic E-state index is -4.35. The first-order chi connectivity index (χ1) is 4.71. The molecule has 0 aliphatic carbocycles. The molecule has 0 aromatic heterocycles. The van der Waals surface area contributed by atoms with Crippen molar-refractivity contribution in [3.05, 3.63) is 0 Å². The lowest BCUT2D eigenvalue weighted by Gasteiger charge is -2.09. The Morgan fingerprint density at radius 2 is 1.36 bits per heavy atom. The van der Waals surface area contributed by atoms with E-state index in [4.69, 9.17) is 0 Å². The highest BCUT2D eigenvalue weighted by molar-refractivity contribution is 7.81. The third-order valence-corrected chi connectivity index (χ3v) is 1.16. The lowest BCUT2D eigenvalue weighted by atomic mass is 10.2. The molecule has 0 N–H and O–H groups in total. The van der Waals surface area contributed by atoms with Crippen LogP contribution in [0.15, 0.2) is 0 Å². The molecule has 68 valence electrons. The number of hydrogen-bond donors (Lipinski definition) is 1. The molecular formula is C5H7F5S. The standard InChI is InChI=1S/C5H7F5S/c6-4(7,8)2-1-3-5(9,10)11/h11H,1-3H2. The molecule has 0 aromatic carbocycles. The van der Waals surface area contributed by atoms with Crippen LogP contribution in [-0.2, 0) is 0 Å². The highest BCUT2D eigenvalue weighted by Gasteiger charge is 2.29. The SMILES string of the molecule is FC(F)(F)CCCC(F)(F)S. The lowest BCUT2D eigenvalue weighted by molar-refractivity contribution is -0.137. The van der Waals surface area contributed by atoms with E-state index in [1.165, 1.54) is 0 Å². The van der Waals surface area contributed by atoms with Crippen LogP contribution in [0.25, 0.3) is 0 Å². The molecule has 0 heterocycles. The van der Waals surface area contributed by atoms with Crippen molar-refractivity contribution in [2.75, 3.05) is 0 Å². The summed E-state index contributed by atoms with van der Waals surface area (Å²) in [5, 5.41) is -3.29. The largest absolute Gasteiger partial charge is 0.389 e. The Morgan fingerprint density at radius 3 is 1.64 bits per heavy atom. The number of thiol groups is 1. The summed E-state index contributed by atoms with van der Waals surface area (Å²) in [4.78, 5) is 0. The first-order valence-electron chi connectivity index (χ1n) is 2.88. The normalized spacial score (nSPS) is 13.6. The first kappa shape index (κ1) is 11.0. The maximum atomic E-state index is 11.8. The van der Waals surface area contributed by atoms with Gasteiger partial charge >= 0.3 is 6.18 Å². The van der Waals surface area contributed by atoms with E-state index < -0.39 is 30.7 Å². The summed E-state index contributed by atoms with van der Waals surface area (Å²) in [5.74, 6) is 0. The number of alkyl halides is 5. The van der Waals surface area contributed by atoms with E-state index in [0.29, 0.717) is 0 Å². The molecule has 0 atom stereocenters. The van der Waals surface area contributed by atoms with E-state index in [2.05, 4.69) is 12.6 Å². The minimum Gasteiger partial charge on any atom is -0.195 e. The lowest BCUT2D eigenvalue weighted by Crippen LogP contribution is -2.11. The third kappa shape index (κ3) is 10.0. The maximum Gasteiger partial charge on any atom is 0.389 e. The smallest absolute Gasteiger partial charge is 0.195 e. The van der Waals surface area contributed by atoms with Crippen molar-refractivity contribution >= 4 is 12.6 Å². The van der Waals surface area contributed by atoms with Gasteiger partial charge in [0.05, 0.1) is 0 Å². The van der Waals surface area contributed by atoms with Gasteiger partial charge in [-0.15, -0.1) is 12.6 Å². The first-order valence-corrected chi connectivity index (χ1v) is 3.32. The second kappa shape index (κ2) is 3.60. The average molecular weight is 194 g/mol. The van der Waals surface area contributed by atoms with E-state index in [1.54, 1.807) is 0 Å². The summed E-state index contributed by atoms with van der Waals surface area (Å²) in [5.41, 5.74) is 0. The molecule has 0 fully saturated rings. The highest BCUT2D eigenvalue weighted by Crippen LogP contribution is 2.29. The molecule has 0 amide bonds. The molecule has 0 bridgehead atoms. The molecule has 0 spiro atoms. The minimum absolute atomic E-state index is 0.583. The predicted molar refractivity (Wildman–Crippen MR) is 33.8 cm³/mol. The summed E-state index contributed by atoms with van der Waals surface area (Å²) in [7, 11) is 0. The van der Waals surface area contributed by atoms with Crippen molar-refractivity contribution < 1.29 is 22.0 Å². The molecule has 0 nitrogen and oxygen atoms in total. The fourth-order valence-electron chi connectivity index (χ4n) is 0.502. The van der Waals surface area contributed by atoms with Crippen LogP contribution in [0.3, 0.4) is 0 Å². The molecule has 11 heavy (non-hydrogen) atoms. The summed E-state index contributed by atoms with van der Waals surface area (Å²) >= 11 is 2.78.